The van der Waals surface area contributed by atoms with Crippen LogP contribution in [0.4, 0.5) is 0 Å². The number of nitrogens with zero attached hydrogens (tertiary/aromatic N) is 1. The predicted octanol–water partition coefficient (Wildman–Crippen LogP) is 4.36. The molecule has 1 atom stereocenters. The van der Waals surface area contributed by atoms with Crippen molar-refractivity contribution in [3.63, 3.8) is 0 Å². The third kappa shape index (κ3) is 6.51. The first-order chi connectivity index (χ1) is 15.0. The van der Waals surface area contributed by atoms with Crippen LogP contribution in [0.5, 0.6) is 17.2 Å². The van der Waals surface area contributed by atoms with E-state index in [4.69, 9.17) is 18.6 Å². The quantitative estimate of drug-likeness (QED) is 0.493. The lowest BCUT2D eigenvalue weighted by Crippen LogP contribution is -2.35. The molecular weight excluding hydrogens is 394 g/mol. The SMILES string of the molecule is COc1ccc(CN(Cc2ccco2)CC(O)COc2ccc(C)c(C)c2)cc1OC. The molecule has 1 unspecified atom stereocenters. The second-order valence-electron chi connectivity index (χ2n) is 7.65. The molecule has 166 valence electrons. The van der Waals surface area contributed by atoms with Gasteiger partial charge in [0.1, 0.15) is 24.2 Å². The highest BCUT2D eigenvalue weighted by Gasteiger charge is 2.16. The molecule has 1 heterocycles. The summed E-state index contributed by atoms with van der Waals surface area (Å²) in [6.07, 6.45) is 1.00. The molecule has 1 aromatic heterocycles. The molecule has 0 fully saturated rings. The lowest BCUT2D eigenvalue weighted by molar-refractivity contribution is 0.0604. The molecule has 1 N–H and O–H groups in total. The van der Waals surface area contributed by atoms with Gasteiger partial charge < -0.3 is 23.7 Å². The first-order valence-electron chi connectivity index (χ1n) is 10.3. The van der Waals surface area contributed by atoms with E-state index in [0.29, 0.717) is 31.1 Å². The van der Waals surface area contributed by atoms with E-state index in [1.807, 2.05) is 55.5 Å². The fourth-order valence-electron chi connectivity index (χ4n) is 3.39. The molecule has 0 aliphatic carbocycles. The van der Waals surface area contributed by atoms with Gasteiger partial charge in [-0.3, -0.25) is 4.90 Å². The van der Waals surface area contributed by atoms with E-state index in [2.05, 4.69) is 11.8 Å². The van der Waals surface area contributed by atoms with Gasteiger partial charge >= 0.3 is 0 Å². The summed E-state index contributed by atoms with van der Waals surface area (Å²) in [5.41, 5.74) is 3.43. The first kappa shape index (κ1) is 22.7. The standard InChI is InChI=1S/C25H31NO5/c1-18-7-9-22(12-19(18)2)31-17-21(27)15-26(16-23-6-5-11-30-23)14-20-8-10-24(28-3)25(13-20)29-4/h5-13,21,27H,14-17H2,1-4H3. The molecule has 0 amide bonds. The normalized spacial score (nSPS) is 12.1. The Kier molecular flexibility index (Phi) is 7.98. The number of benzene rings is 2. The van der Waals surface area contributed by atoms with Crippen molar-refractivity contribution in [2.24, 2.45) is 0 Å². The largest absolute Gasteiger partial charge is 0.493 e. The molecule has 0 aliphatic rings. The highest BCUT2D eigenvalue weighted by atomic mass is 16.5. The minimum absolute atomic E-state index is 0.211. The van der Waals surface area contributed by atoms with Crippen LogP contribution in [0.15, 0.2) is 59.2 Å². The summed E-state index contributed by atoms with van der Waals surface area (Å²) in [5, 5.41) is 10.7. The molecule has 0 saturated heterocycles. The maximum absolute atomic E-state index is 10.7. The van der Waals surface area contributed by atoms with Crippen LogP contribution in [0.25, 0.3) is 0 Å². The molecular formula is C25H31NO5. The van der Waals surface area contributed by atoms with Gasteiger partial charge in [0, 0.05) is 13.1 Å². The number of ether oxygens (including phenoxy) is 3. The van der Waals surface area contributed by atoms with Crippen LogP contribution in [0.2, 0.25) is 0 Å². The zero-order valence-electron chi connectivity index (χ0n) is 18.6. The molecule has 0 saturated carbocycles. The van der Waals surface area contributed by atoms with E-state index >= 15 is 0 Å². The Morgan fingerprint density at radius 3 is 2.42 bits per heavy atom. The van der Waals surface area contributed by atoms with Crippen molar-refractivity contribution in [2.75, 3.05) is 27.4 Å². The summed E-state index contributed by atoms with van der Waals surface area (Å²) in [4.78, 5) is 2.12. The fraction of sp³-hybridized carbons (Fsp3) is 0.360. The van der Waals surface area contributed by atoms with Crippen LogP contribution in [0.3, 0.4) is 0 Å². The Labute approximate surface area is 184 Å². The van der Waals surface area contributed by atoms with Crippen LogP contribution in [-0.2, 0) is 13.1 Å². The third-order valence-corrected chi connectivity index (χ3v) is 5.20. The van der Waals surface area contributed by atoms with Gasteiger partial charge in [-0.25, -0.2) is 0 Å². The predicted molar refractivity (Wildman–Crippen MR) is 120 cm³/mol. The molecule has 3 aromatic rings. The van der Waals surface area contributed by atoms with E-state index in [-0.39, 0.29) is 6.61 Å². The Morgan fingerprint density at radius 1 is 0.935 bits per heavy atom. The van der Waals surface area contributed by atoms with Crippen LogP contribution >= 0.6 is 0 Å². The third-order valence-electron chi connectivity index (χ3n) is 5.20. The van der Waals surface area contributed by atoms with Gasteiger partial charge in [0.05, 0.1) is 27.0 Å². The van der Waals surface area contributed by atoms with Gasteiger partial charge in [-0.05, 0) is 66.9 Å². The summed E-state index contributed by atoms with van der Waals surface area (Å²) in [6.45, 7) is 5.94. The van der Waals surface area contributed by atoms with E-state index in [1.54, 1.807) is 20.5 Å². The molecule has 0 aliphatic heterocycles. The molecule has 6 nitrogen and oxygen atoms in total. The number of rotatable bonds is 11. The molecule has 0 spiro atoms. The van der Waals surface area contributed by atoms with Crippen molar-refractivity contribution >= 4 is 0 Å². The van der Waals surface area contributed by atoms with Gasteiger partial charge in [-0.15, -0.1) is 0 Å². The molecule has 0 radical (unpaired) electrons. The van der Waals surface area contributed by atoms with Crippen molar-refractivity contribution in [1.82, 2.24) is 4.90 Å². The zero-order valence-corrected chi connectivity index (χ0v) is 18.6. The van der Waals surface area contributed by atoms with Crippen LogP contribution in [0, 0.1) is 13.8 Å². The van der Waals surface area contributed by atoms with Crippen LogP contribution in [0.1, 0.15) is 22.5 Å². The molecule has 0 bridgehead atoms. The minimum Gasteiger partial charge on any atom is -0.493 e. The molecule has 31 heavy (non-hydrogen) atoms. The van der Waals surface area contributed by atoms with Crippen molar-refractivity contribution in [1.29, 1.82) is 0 Å². The Bertz CT molecular complexity index is 955. The lowest BCUT2D eigenvalue weighted by Gasteiger charge is -2.25. The molecule has 3 rings (SSSR count). The van der Waals surface area contributed by atoms with E-state index in [1.165, 1.54) is 11.1 Å². The van der Waals surface area contributed by atoms with Gasteiger partial charge in [0.15, 0.2) is 11.5 Å². The fourth-order valence-corrected chi connectivity index (χ4v) is 3.39. The Hall–Kier alpha value is -2.96. The van der Waals surface area contributed by atoms with E-state index in [0.717, 1.165) is 17.1 Å². The summed E-state index contributed by atoms with van der Waals surface area (Å²) in [6, 6.07) is 15.6. The van der Waals surface area contributed by atoms with Crippen molar-refractivity contribution < 1.29 is 23.7 Å². The maximum atomic E-state index is 10.7. The highest BCUT2D eigenvalue weighted by molar-refractivity contribution is 5.42. The molecule has 2 aromatic carbocycles. The average Bonchev–Trinajstić information content (AvgIpc) is 3.27. The van der Waals surface area contributed by atoms with Crippen molar-refractivity contribution in [3.8, 4) is 17.2 Å². The number of hydrogen-bond acceptors (Lipinski definition) is 6. The monoisotopic (exact) mass is 425 g/mol. The number of methoxy groups -OCH3 is 2. The minimum atomic E-state index is -0.656. The van der Waals surface area contributed by atoms with Crippen LogP contribution in [-0.4, -0.2) is 43.5 Å². The van der Waals surface area contributed by atoms with Gasteiger partial charge in [0.25, 0.3) is 0 Å². The summed E-state index contributed by atoms with van der Waals surface area (Å²) in [5.74, 6) is 2.96. The number of hydrogen-bond donors (Lipinski definition) is 1. The maximum Gasteiger partial charge on any atom is 0.161 e. The summed E-state index contributed by atoms with van der Waals surface area (Å²) < 4.78 is 22.1. The zero-order chi connectivity index (χ0) is 22.2. The molecule has 6 heteroatoms. The van der Waals surface area contributed by atoms with E-state index in [9.17, 15) is 5.11 Å². The number of aryl methyl sites for hydroxylation is 2. The first-order valence-corrected chi connectivity index (χ1v) is 10.3. The van der Waals surface area contributed by atoms with Crippen LogP contribution < -0.4 is 14.2 Å². The van der Waals surface area contributed by atoms with Gasteiger partial charge in [-0.2, -0.15) is 0 Å². The summed E-state index contributed by atoms with van der Waals surface area (Å²) >= 11 is 0. The highest BCUT2D eigenvalue weighted by Crippen LogP contribution is 2.28. The van der Waals surface area contributed by atoms with Crippen molar-refractivity contribution in [2.45, 2.75) is 33.0 Å². The van der Waals surface area contributed by atoms with Gasteiger partial charge in [-0.1, -0.05) is 12.1 Å². The number of aliphatic hydroxyl groups excluding tert-OH is 1. The second-order valence-corrected chi connectivity index (χ2v) is 7.65. The Balaban J connectivity index is 1.66. The van der Waals surface area contributed by atoms with E-state index < -0.39 is 6.10 Å². The smallest absolute Gasteiger partial charge is 0.161 e. The summed E-state index contributed by atoms with van der Waals surface area (Å²) in [7, 11) is 3.24. The van der Waals surface area contributed by atoms with Crippen molar-refractivity contribution in [3.05, 3.63) is 77.2 Å². The number of aliphatic hydroxyl groups is 1. The Morgan fingerprint density at radius 2 is 1.74 bits per heavy atom. The topological polar surface area (TPSA) is 64.3 Å². The lowest BCUT2D eigenvalue weighted by atomic mass is 10.1. The number of furan rings is 1. The average molecular weight is 426 g/mol. The second kappa shape index (κ2) is 10.9. The van der Waals surface area contributed by atoms with Gasteiger partial charge in [0.2, 0.25) is 0 Å².